The summed E-state index contributed by atoms with van der Waals surface area (Å²) in [5, 5.41) is 0. The highest BCUT2D eigenvalue weighted by molar-refractivity contribution is 5.48. The molecule has 0 saturated heterocycles. The molecular formula is C23H33F. The fraction of sp³-hybridized carbons (Fsp3) is 0.478. The predicted molar refractivity (Wildman–Crippen MR) is 105 cm³/mol. The lowest BCUT2D eigenvalue weighted by molar-refractivity contribution is 0.103. The third kappa shape index (κ3) is 4.26. The first-order chi connectivity index (χ1) is 11.1. The molecule has 1 rings (SSSR count). The van der Waals surface area contributed by atoms with Crippen LogP contribution in [0.3, 0.4) is 0 Å². The molecule has 1 aliphatic rings. The monoisotopic (exact) mass is 328 g/mol. The zero-order valence-electron chi connectivity index (χ0n) is 16.4. The van der Waals surface area contributed by atoms with E-state index >= 15 is 0 Å². The molecule has 0 spiro atoms. The fourth-order valence-electron chi connectivity index (χ4n) is 3.33. The van der Waals surface area contributed by atoms with Crippen molar-refractivity contribution in [2.45, 2.75) is 54.9 Å². The molecule has 0 saturated carbocycles. The summed E-state index contributed by atoms with van der Waals surface area (Å²) in [6.45, 7) is 19.0. The van der Waals surface area contributed by atoms with Gasteiger partial charge in [-0.15, -0.1) is 0 Å². The minimum Gasteiger partial charge on any atom is -0.212 e. The summed E-state index contributed by atoms with van der Waals surface area (Å²) in [5.74, 6) is 0.0640. The van der Waals surface area contributed by atoms with Gasteiger partial charge in [-0.3, -0.25) is 0 Å². The molecule has 0 aromatic rings. The van der Waals surface area contributed by atoms with Crippen LogP contribution in [0.5, 0.6) is 0 Å². The van der Waals surface area contributed by atoms with Gasteiger partial charge in [0.1, 0.15) is 5.83 Å². The summed E-state index contributed by atoms with van der Waals surface area (Å²) in [4.78, 5) is 0. The molecule has 0 bridgehead atoms. The van der Waals surface area contributed by atoms with E-state index in [1.165, 1.54) is 0 Å². The Hall–Kier alpha value is -1.63. The maximum Gasteiger partial charge on any atom is 0.103 e. The van der Waals surface area contributed by atoms with Gasteiger partial charge < -0.3 is 0 Å². The molecule has 0 aromatic carbocycles. The Morgan fingerprint density at radius 1 is 1.17 bits per heavy atom. The van der Waals surface area contributed by atoms with Gasteiger partial charge in [0.25, 0.3) is 0 Å². The smallest absolute Gasteiger partial charge is 0.103 e. The van der Waals surface area contributed by atoms with E-state index in [4.69, 9.17) is 0 Å². The van der Waals surface area contributed by atoms with E-state index in [1.807, 2.05) is 51.2 Å². The van der Waals surface area contributed by atoms with E-state index < -0.39 is 0 Å². The first-order valence-corrected chi connectivity index (χ1v) is 8.77. The summed E-state index contributed by atoms with van der Waals surface area (Å²) >= 11 is 0. The number of rotatable bonds is 5. The van der Waals surface area contributed by atoms with E-state index in [0.29, 0.717) is 6.42 Å². The van der Waals surface area contributed by atoms with Gasteiger partial charge in [-0.1, -0.05) is 76.8 Å². The van der Waals surface area contributed by atoms with Crippen LogP contribution in [0.15, 0.2) is 71.7 Å². The van der Waals surface area contributed by atoms with E-state index in [1.54, 1.807) is 0 Å². The lowest BCUT2D eigenvalue weighted by Gasteiger charge is -2.48. The molecule has 2 atom stereocenters. The van der Waals surface area contributed by atoms with Crippen LogP contribution in [0, 0.1) is 16.7 Å². The van der Waals surface area contributed by atoms with Gasteiger partial charge in [0.2, 0.25) is 0 Å². The third-order valence-corrected chi connectivity index (χ3v) is 5.38. The van der Waals surface area contributed by atoms with Gasteiger partial charge in [-0.05, 0) is 48.3 Å². The Labute approximate surface area is 148 Å². The summed E-state index contributed by atoms with van der Waals surface area (Å²) in [5.41, 5.74) is 2.67. The van der Waals surface area contributed by atoms with Crippen molar-refractivity contribution < 1.29 is 4.39 Å². The molecular weight excluding hydrogens is 295 g/mol. The summed E-state index contributed by atoms with van der Waals surface area (Å²) < 4.78 is 14.5. The molecule has 0 radical (unpaired) electrons. The van der Waals surface area contributed by atoms with Crippen molar-refractivity contribution in [1.82, 2.24) is 0 Å². The molecule has 0 fully saturated rings. The van der Waals surface area contributed by atoms with E-state index in [-0.39, 0.29) is 22.6 Å². The normalized spacial score (nSPS) is 22.5. The van der Waals surface area contributed by atoms with E-state index in [0.717, 1.165) is 16.7 Å². The molecule has 24 heavy (non-hydrogen) atoms. The molecule has 0 heterocycles. The van der Waals surface area contributed by atoms with Crippen molar-refractivity contribution in [2.24, 2.45) is 16.7 Å². The highest BCUT2D eigenvalue weighted by atomic mass is 19.1. The Kier molecular flexibility index (Phi) is 6.77. The predicted octanol–water partition coefficient (Wildman–Crippen LogP) is 7.49. The van der Waals surface area contributed by atoms with E-state index in [9.17, 15) is 4.39 Å². The van der Waals surface area contributed by atoms with Gasteiger partial charge in [-0.2, -0.15) is 0 Å². The summed E-state index contributed by atoms with van der Waals surface area (Å²) in [6, 6.07) is 0. The lowest BCUT2D eigenvalue weighted by atomic mass is 9.56. The maximum atomic E-state index is 14.5. The van der Waals surface area contributed by atoms with Crippen molar-refractivity contribution in [1.29, 1.82) is 0 Å². The molecule has 2 unspecified atom stereocenters. The van der Waals surface area contributed by atoms with Crippen LogP contribution >= 0.6 is 0 Å². The second-order valence-electron chi connectivity index (χ2n) is 7.89. The Morgan fingerprint density at radius 3 is 2.29 bits per heavy atom. The van der Waals surface area contributed by atoms with Crippen LogP contribution in [-0.2, 0) is 0 Å². The average molecular weight is 329 g/mol. The Morgan fingerprint density at radius 2 is 1.79 bits per heavy atom. The van der Waals surface area contributed by atoms with Crippen LogP contribution in [0.2, 0.25) is 0 Å². The molecule has 0 nitrogen and oxygen atoms in total. The van der Waals surface area contributed by atoms with Crippen molar-refractivity contribution >= 4 is 0 Å². The van der Waals surface area contributed by atoms with Crippen molar-refractivity contribution in [2.75, 3.05) is 0 Å². The molecule has 1 aliphatic carbocycles. The zero-order chi connectivity index (χ0) is 18.5. The molecule has 0 N–H and O–H groups in total. The minimum absolute atomic E-state index is 0.00209. The lowest BCUT2D eigenvalue weighted by Crippen LogP contribution is -2.40. The van der Waals surface area contributed by atoms with Crippen LogP contribution in [-0.4, -0.2) is 0 Å². The van der Waals surface area contributed by atoms with Gasteiger partial charge in [0, 0.05) is 12.3 Å². The van der Waals surface area contributed by atoms with Crippen molar-refractivity contribution in [3.8, 4) is 0 Å². The largest absolute Gasteiger partial charge is 0.212 e. The molecule has 0 aliphatic heterocycles. The highest BCUT2D eigenvalue weighted by Crippen LogP contribution is 2.53. The number of halogens is 1. The first kappa shape index (κ1) is 20.4. The van der Waals surface area contributed by atoms with Crippen molar-refractivity contribution in [3.63, 3.8) is 0 Å². The van der Waals surface area contributed by atoms with Crippen LogP contribution < -0.4 is 0 Å². The Balaban J connectivity index is 3.43. The first-order valence-electron chi connectivity index (χ1n) is 8.77. The van der Waals surface area contributed by atoms with Gasteiger partial charge in [0.05, 0.1) is 0 Å². The Bertz CT molecular complexity index is 617. The molecule has 0 amide bonds. The van der Waals surface area contributed by atoms with Crippen molar-refractivity contribution in [3.05, 3.63) is 71.7 Å². The summed E-state index contributed by atoms with van der Waals surface area (Å²) in [6.07, 6.45) is 14.7. The SMILES string of the molecule is C=C(/C=C\C=C/C)C1=CC(C)=C(F)CC1C(C)(C=CC)C(C)(C)C. The number of hydrogen-bond acceptors (Lipinski definition) is 0. The second kappa shape index (κ2) is 7.96. The molecule has 0 aromatic heterocycles. The zero-order valence-corrected chi connectivity index (χ0v) is 16.4. The van der Waals surface area contributed by atoms with Gasteiger partial charge >= 0.3 is 0 Å². The quantitative estimate of drug-likeness (QED) is 0.362. The van der Waals surface area contributed by atoms with Crippen LogP contribution in [0.25, 0.3) is 0 Å². The number of allylic oxidation sites excluding steroid dienone is 11. The second-order valence-corrected chi connectivity index (χ2v) is 7.89. The highest BCUT2D eigenvalue weighted by Gasteiger charge is 2.45. The van der Waals surface area contributed by atoms with Gasteiger partial charge in [0.15, 0.2) is 0 Å². The maximum absolute atomic E-state index is 14.5. The topological polar surface area (TPSA) is 0 Å². The van der Waals surface area contributed by atoms with Crippen LogP contribution in [0.1, 0.15) is 54.9 Å². The van der Waals surface area contributed by atoms with Gasteiger partial charge in [-0.25, -0.2) is 4.39 Å². The fourth-order valence-corrected chi connectivity index (χ4v) is 3.33. The average Bonchev–Trinajstić information content (AvgIpc) is 2.48. The minimum atomic E-state index is -0.164. The summed E-state index contributed by atoms with van der Waals surface area (Å²) in [7, 11) is 0. The molecule has 1 heteroatoms. The van der Waals surface area contributed by atoms with Crippen LogP contribution in [0.4, 0.5) is 4.39 Å². The standard InChI is InChI=1S/C23H33F/c1-9-11-12-13-17(3)19-15-18(4)21(24)16-20(19)23(8,14-10-2)22(5,6)7/h9-15,20H,3,16H2,1-2,4-8H3/b11-9-,13-12-,14-10?. The number of hydrogen-bond donors (Lipinski definition) is 0. The third-order valence-electron chi connectivity index (χ3n) is 5.38. The molecule has 132 valence electrons. The van der Waals surface area contributed by atoms with E-state index in [2.05, 4.69) is 46.4 Å².